The van der Waals surface area contributed by atoms with Crippen LogP contribution in [0.3, 0.4) is 0 Å². The Labute approximate surface area is 89.0 Å². The van der Waals surface area contributed by atoms with Crippen molar-refractivity contribution in [3.05, 3.63) is 11.3 Å². The van der Waals surface area contributed by atoms with E-state index in [2.05, 4.69) is 4.74 Å². The van der Waals surface area contributed by atoms with E-state index >= 15 is 0 Å². The highest BCUT2D eigenvalue weighted by molar-refractivity contribution is 6.36. The smallest absolute Gasteiger partial charge is 0.602 e. The molecule has 0 atom stereocenters. The minimum Gasteiger partial charge on any atom is -0.602 e. The van der Waals surface area contributed by atoms with Crippen LogP contribution in [0.1, 0.15) is 13.8 Å². The van der Waals surface area contributed by atoms with Crippen LogP contribution in [0.2, 0.25) is 0 Å². The average Bonchev–Trinajstić information content (AvgIpc) is 2.23. The van der Waals surface area contributed by atoms with E-state index in [1.807, 2.05) is 0 Å². The molecule has 0 aliphatic carbocycles. The lowest BCUT2D eigenvalue weighted by molar-refractivity contribution is -0.136. The molecule has 0 amide bonds. The van der Waals surface area contributed by atoms with Gasteiger partial charge in [0, 0.05) is 14.2 Å². The number of rotatable bonds is 5. The molecule has 0 rings (SSSR count). The summed E-state index contributed by atoms with van der Waals surface area (Å²) in [6.45, 7) is 3.29. The predicted octanol–water partition coefficient (Wildman–Crippen LogP) is 0.748. The second kappa shape index (κ2) is 6.85. The summed E-state index contributed by atoms with van der Waals surface area (Å²) in [5, 5.41) is 0. The van der Waals surface area contributed by atoms with Gasteiger partial charge in [0.25, 0.3) is 0 Å². The molecule has 0 aliphatic heterocycles. The van der Waals surface area contributed by atoms with Crippen molar-refractivity contribution in [3.8, 4) is 0 Å². The fourth-order valence-corrected chi connectivity index (χ4v) is 1.57. The quantitative estimate of drug-likeness (QED) is 0.295. The molecular weight excluding hydrogens is 203 g/mol. The number of hydrogen-bond acceptors (Lipinski definition) is 5. The highest BCUT2D eigenvalue weighted by atomic mass is 27.3. The zero-order chi connectivity index (χ0) is 11.1. The summed E-state index contributed by atoms with van der Waals surface area (Å²) in [5.41, 5.74) is 0.416. The third kappa shape index (κ3) is 4.11. The van der Waals surface area contributed by atoms with Gasteiger partial charge in [-0.3, -0.25) is 0 Å². The Morgan fingerprint density at radius 2 is 1.57 bits per heavy atom. The molecule has 14 heavy (non-hydrogen) atoms. The molecule has 0 N–H and O–H groups in total. The Balaban J connectivity index is 4.42. The highest BCUT2D eigenvalue weighted by Gasteiger charge is 2.32. The maximum absolute atomic E-state index is 11.1. The van der Waals surface area contributed by atoms with Crippen LogP contribution in [-0.2, 0) is 20.9 Å². The number of ether oxygens (including phenoxy) is 1. The lowest BCUT2D eigenvalue weighted by atomic mass is 10.3. The Morgan fingerprint density at radius 1 is 1.07 bits per heavy atom. The van der Waals surface area contributed by atoms with Crippen LogP contribution in [0.25, 0.3) is 0 Å². The first-order chi connectivity index (χ1) is 6.56. The molecule has 0 fully saturated rings. The number of hydrogen-bond donors (Lipinski definition) is 0. The summed E-state index contributed by atoms with van der Waals surface area (Å²) in [6.07, 6.45) is 0. The van der Waals surface area contributed by atoms with E-state index in [-0.39, 0.29) is 0 Å². The number of carbonyl (C=O) groups is 1. The molecule has 0 unspecified atom stereocenters. The third-order valence-electron chi connectivity index (χ3n) is 1.68. The summed E-state index contributed by atoms with van der Waals surface area (Å²) >= 11 is -2.12. The number of esters is 1. The fourth-order valence-electron chi connectivity index (χ4n) is 0.722. The first-order valence-corrected chi connectivity index (χ1v) is 5.46. The molecule has 0 saturated carbocycles. The normalized spacial score (nSPS) is 11.8. The van der Waals surface area contributed by atoms with Gasteiger partial charge in [-0.1, -0.05) is 0 Å². The molecule has 0 aromatic rings. The molecule has 0 aromatic heterocycles. The monoisotopic (exact) mass is 218 g/mol. The van der Waals surface area contributed by atoms with Gasteiger partial charge in [0.15, 0.2) is 0 Å². The molecule has 80 valence electrons. The lowest BCUT2D eigenvalue weighted by Crippen LogP contribution is -2.24. The van der Waals surface area contributed by atoms with E-state index in [1.165, 1.54) is 21.3 Å². The van der Waals surface area contributed by atoms with Gasteiger partial charge in [-0.15, -0.1) is 0 Å². The molecule has 0 bridgehead atoms. The summed E-state index contributed by atoms with van der Waals surface area (Å²) in [5.74, 6) is 0.0553. The van der Waals surface area contributed by atoms with Gasteiger partial charge >= 0.3 is 21.1 Å². The van der Waals surface area contributed by atoms with Crippen molar-refractivity contribution in [2.24, 2.45) is 0 Å². The lowest BCUT2D eigenvalue weighted by Gasteiger charge is -2.12. The second-order valence-corrected chi connectivity index (χ2v) is 4.31. The average molecular weight is 218 g/mol. The van der Waals surface area contributed by atoms with Crippen molar-refractivity contribution >= 4 is 21.1 Å². The van der Waals surface area contributed by atoms with E-state index in [0.29, 0.717) is 11.3 Å². The fraction of sp³-hybridized carbons (Fsp3) is 0.625. The molecule has 6 heteroatoms. The molecule has 0 aliphatic rings. The SMILES string of the molecule is COC(=O)/C(C)=C(/C)[O][Al]([O]C)[O]C. The summed E-state index contributed by atoms with van der Waals surface area (Å²) in [6, 6.07) is 0. The zero-order valence-corrected chi connectivity index (χ0v) is 10.3. The predicted molar refractivity (Wildman–Crippen MR) is 51.2 cm³/mol. The Bertz CT molecular complexity index is 222. The van der Waals surface area contributed by atoms with Gasteiger partial charge in [-0.25, -0.2) is 4.79 Å². The number of methoxy groups -OCH3 is 1. The van der Waals surface area contributed by atoms with E-state index in [1.54, 1.807) is 13.8 Å². The minimum atomic E-state index is -2.12. The van der Waals surface area contributed by atoms with Crippen molar-refractivity contribution in [2.75, 3.05) is 21.3 Å². The Hall–Kier alpha value is -0.538. The van der Waals surface area contributed by atoms with Crippen LogP contribution in [-0.4, -0.2) is 42.4 Å². The van der Waals surface area contributed by atoms with Crippen molar-refractivity contribution in [2.45, 2.75) is 13.8 Å². The number of carbonyl (C=O) groups excluding carboxylic acids is 1. The van der Waals surface area contributed by atoms with Crippen LogP contribution < -0.4 is 0 Å². The first-order valence-electron chi connectivity index (χ1n) is 4.04. The maximum atomic E-state index is 11.1. The topological polar surface area (TPSA) is 54.0 Å². The molecular formula is C8H15AlO5. The summed E-state index contributed by atoms with van der Waals surface area (Å²) in [4.78, 5) is 11.1. The standard InChI is InChI=1S/C6H10O3.2CH3O.Al/c1-4(5(2)7)6(8)9-3;2*1-2;/h7H,1-3H3;2*1H3;/q;2*-1;+3/p-1/b5-4-;;;. The van der Waals surface area contributed by atoms with Crippen molar-refractivity contribution in [3.63, 3.8) is 0 Å². The van der Waals surface area contributed by atoms with Gasteiger partial charge in [-0.2, -0.15) is 0 Å². The van der Waals surface area contributed by atoms with Crippen LogP contribution in [0.15, 0.2) is 11.3 Å². The molecule has 0 spiro atoms. The van der Waals surface area contributed by atoms with E-state index in [4.69, 9.17) is 11.4 Å². The Morgan fingerprint density at radius 3 is 1.93 bits per heavy atom. The minimum absolute atomic E-state index is 0.414. The van der Waals surface area contributed by atoms with Gasteiger partial charge in [0.1, 0.15) is 0 Å². The van der Waals surface area contributed by atoms with Crippen LogP contribution in [0.5, 0.6) is 0 Å². The first kappa shape index (κ1) is 13.5. The van der Waals surface area contributed by atoms with E-state index in [9.17, 15) is 4.79 Å². The summed E-state index contributed by atoms with van der Waals surface area (Å²) in [7, 11) is 4.32. The van der Waals surface area contributed by atoms with Crippen molar-refractivity contribution in [1.82, 2.24) is 0 Å². The van der Waals surface area contributed by atoms with Gasteiger partial charge in [0.2, 0.25) is 0 Å². The number of allylic oxidation sites excluding steroid dienone is 1. The van der Waals surface area contributed by atoms with Crippen LogP contribution in [0.4, 0.5) is 0 Å². The molecule has 0 heterocycles. The largest absolute Gasteiger partial charge is 1.00 e. The van der Waals surface area contributed by atoms with Gasteiger partial charge < -0.3 is 16.1 Å². The van der Waals surface area contributed by atoms with Crippen LogP contribution >= 0.6 is 0 Å². The molecule has 0 saturated heterocycles. The van der Waals surface area contributed by atoms with Crippen molar-refractivity contribution in [1.29, 1.82) is 0 Å². The van der Waals surface area contributed by atoms with E-state index < -0.39 is 21.1 Å². The maximum Gasteiger partial charge on any atom is 1.00 e. The van der Waals surface area contributed by atoms with Crippen LogP contribution in [0, 0.1) is 0 Å². The van der Waals surface area contributed by atoms with Gasteiger partial charge in [0.05, 0.1) is 18.4 Å². The van der Waals surface area contributed by atoms with Crippen molar-refractivity contribution < 1.29 is 20.9 Å². The van der Waals surface area contributed by atoms with E-state index in [0.717, 1.165) is 0 Å². The molecule has 0 aromatic carbocycles. The highest BCUT2D eigenvalue weighted by Crippen LogP contribution is 2.08. The zero-order valence-electron chi connectivity index (χ0n) is 9.12. The molecule has 0 radical (unpaired) electrons. The van der Waals surface area contributed by atoms with Gasteiger partial charge in [-0.05, 0) is 13.8 Å². The third-order valence-corrected chi connectivity index (χ3v) is 2.99. The summed E-state index contributed by atoms with van der Waals surface area (Å²) < 4.78 is 19.7. The second-order valence-electron chi connectivity index (χ2n) is 2.55. The molecule has 5 nitrogen and oxygen atoms in total. The Kier molecular flexibility index (Phi) is 6.59.